The highest BCUT2D eigenvalue weighted by molar-refractivity contribution is 6.31. The summed E-state index contributed by atoms with van der Waals surface area (Å²) in [5.41, 5.74) is -2.45. The van der Waals surface area contributed by atoms with Crippen LogP contribution < -0.4 is 10.1 Å². The van der Waals surface area contributed by atoms with E-state index in [1.807, 2.05) is 0 Å². The number of ketones is 3. The van der Waals surface area contributed by atoms with Gasteiger partial charge < -0.3 is 35.6 Å². The Morgan fingerprint density at radius 1 is 0.771 bits per heavy atom. The van der Waals surface area contributed by atoms with Crippen molar-refractivity contribution in [2.45, 2.75) is 92.3 Å². The number of carbonyl (C=O) groups excluding carboxylic acids is 4. The molecule has 0 spiro atoms. The molecule has 11 heteroatoms. The van der Waals surface area contributed by atoms with Gasteiger partial charge in [-0.2, -0.15) is 0 Å². The van der Waals surface area contributed by atoms with Crippen LogP contribution in [0.25, 0.3) is 0 Å². The number of hydrogen-bond donors (Lipinski definition) is 6. The topological polar surface area (TPSA) is 191 Å². The van der Waals surface area contributed by atoms with E-state index in [1.54, 1.807) is 39.8 Å². The molecule has 0 saturated carbocycles. The van der Waals surface area contributed by atoms with Crippen LogP contribution in [0.3, 0.4) is 0 Å². The van der Waals surface area contributed by atoms with Crippen LogP contribution in [-0.4, -0.2) is 85.9 Å². The number of amides is 1. The average Bonchev–Trinajstić information content (AvgIpc) is 3.04. The summed E-state index contributed by atoms with van der Waals surface area (Å²) in [7, 11) is 1.31. The van der Waals surface area contributed by atoms with Gasteiger partial charge in [-0.3, -0.25) is 19.2 Å². The molecule has 1 aliphatic carbocycles. The van der Waals surface area contributed by atoms with Crippen molar-refractivity contribution in [3.8, 4) is 5.75 Å². The van der Waals surface area contributed by atoms with E-state index < -0.39 is 76.9 Å². The van der Waals surface area contributed by atoms with Crippen LogP contribution in [0.5, 0.6) is 5.75 Å². The van der Waals surface area contributed by atoms with Crippen molar-refractivity contribution in [2.24, 2.45) is 23.7 Å². The molecule has 0 aromatic heterocycles. The summed E-state index contributed by atoms with van der Waals surface area (Å²) in [5.74, 6) is -5.79. The maximum Gasteiger partial charge on any atom is 0.251 e. The zero-order valence-electron chi connectivity index (χ0n) is 29.3. The molecule has 0 fully saturated rings. The first-order valence-electron chi connectivity index (χ1n) is 16.1. The lowest BCUT2D eigenvalue weighted by molar-refractivity contribution is -0.116. The van der Waals surface area contributed by atoms with Crippen LogP contribution >= 0.6 is 0 Å². The monoisotopic (exact) mass is 667 g/mol. The van der Waals surface area contributed by atoms with Gasteiger partial charge in [0.05, 0.1) is 42.8 Å². The molecule has 11 nitrogen and oxygen atoms in total. The number of nitrogens with one attached hydrogen (secondary N) is 1. The summed E-state index contributed by atoms with van der Waals surface area (Å²) < 4.78 is 5.53. The summed E-state index contributed by atoms with van der Waals surface area (Å²) in [5, 5.41) is 58.5. The molecule has 1 amide bonds. The van der Waals surface area contributed by atoms with E-state index in [0.29, 0.717) is 5.56 Å². The first-order chi connectivity index (χ1) is 22.2. The van der Waals surface area contributed by atoms with E-state index in [-0.39, 0.29) is 44.9 Å². The van der Waals surface area contributed by atoms with E-state index in [2.05, 4.69) is 5.32 Å². The van der Waals surface area contributed by atoms with Crippen molar-refractivity contribution in [1.29, 1.82) is 0 Å². The minimum Gasteiger partial charge on any atom is -0.496 e. The molecule has 0 saturated heterocycles. The number of benzene rings is 1. The molecule has 2 aliphatic heterocycles. The van der Waals surface area contributed by atoms with E-state index in [9.17, 15) is 44.7 Å². The summed E-state index contributed by atoms with van der Waals surface area (Å²) in [6, 6.07) is 1.42. The lowest BCUT2D eigenvalue weighted by Gasteiger charge is -2.38. The Hall–Kier alpha value is -3.74. The van der Waals surface area contributed by atoms with Crippen LogP contribution in [0.15, 0.2) is 52.8 Å². The summed E-state index contributed by atoms with van der Waals surface area (Å²) in [6.45, 7) is 13.5. The molecule has 6 N–H and O–H groups in total. The number of ether oxygens (including phenoxy) is 1. The molecule has 4 bridgehead atoms. The second-order valence-corrected chi connectivity index (χ2v) is 13.6. The Balaban J connectivity index is 2.27. The third-order valence-corrected chi connectivity index (χ3v) is 9.86. The molecule has 1 aromatic rings. The van der Waals surface area contributed by atoms with Crippen molar-refractivity contribution >= 4 is 23.3 Å². The third-order valence-electron chi connectivity index (χ3n) is 9.86. The van der Waals surface area contributed by atoms with Gasteiger partial charge in [0, 0.05) is 45.9 Å². The Bertz CT molecular complexity index is 1610. The van der Waals surface area contributed by atoms with Gasteiger partial charge in [0.15, 0.2) is 11.6 Å². The summed E-state index contributed by atoms with van der Waals surface area (Å²) in [6.07, 6.45) is 0.570. The van der Waals surface area contributed by atoms with Crippen LogP contribution in [0.4, 0.5) is 0 Å². The highest BCUT2D eigenvalue weighted by atomic mass is 16.5. The Morgan fingerprint density at radius 2 is 1.33 bits per heavy atom. The fraction of sp³-hybridized carbons (Fsp3) is 0.514. The Morgan fingerprint density at radius 3 is 1.92 bits per heavy atom. The van der Waals surface area contributed by atoms with Gasteiger partial charge in [-0.05, 0) is 57.9 Å². The van der Waals surface area contributed by atoms with Crippen LogP contribution in [-0.2, 0) is 4.79 Å². The van der Waals surface area contributed by atoms with E-state index in [4.69, 9.17) is 4.74 Å². The van der Waals surface area contributed by atoms with Gasteiger partial charge in [-0.15, -0.1) is 0 Å². The number of hydrogen-bond acceptors (Lipinski definition) is 10. The molecule has 3 aliphatic rings. The standard InChI is InChI=1S/C37H49NO10/c1-16-12-11-13-17(2)36(46)38-27-20(5)32(43)25-24(33(27)44)14-18(3)34(48-10)26(25)29(40)19(4)15-37(9,47)35(45)23(8)31(42)22(7)30(41)21(6)28(16)39/h11-16,21-23,28,30-31,35,39,41-42,45,47H,1-10H3,(H,38,46)/b12-11-,17-13+,19-15+/t16-,21-,22-,23+,28+,30-,31+,35+,37+/m1/s1. The second kappa shape index (κ2) is 14.8. The number of aliphatic hydroxyl groups is 5. The van der Waals surface area contributed by atoms with Crippen molar-refractivity contribution in [2.75, 3.05) is 7.11 Å². The van der Waals surface area contributed by atoms with Crippen LogP contribution in [0, 0.1) is 30.6 Å². The molecule has 4 rings (SSSR count). The van der Waals surface area contributed by atoms with E-state index in [0.717, 1.165) is 6.08 Å². The van der Waals surface area contributed by atoms with Gasteiger partial charge in [-0.1, -0.05) is 45.9 Å². The highest BCUT2D eigenvalue weighted by Crippen LogP contribution is 2.38. The lowest BCUT2D eigenvalue weighted by atomic mass is 9.76. The highest BCUT2D eigenvalue weighted by Gasteiger charge is 2.42. The number of rotatable bonds is 1. The van der Waals surface area contributed by atoms with Crippen LogP contribution in [0.1, 0.15) is 92.0 Å². The van der Waals surface area contributed by atoms with Crippen molar-refractivity contribution in [3.05, 3.63) is 75.0 Å². The molecular weight excluding hydrogens is 618 g/mol. The Labute approximate surface area is 281 Å². The number of fused-ring (bicyclic) bond motifs is 15. The molecule has 262 valence electrons. The normalized spacial score (nSPS) is 35.8. The quantitative estimate of drug-likeness (QED) is 0.259. The maximum atomic E-state index is 14.1. The number of Topliss-reactive ketones (excluding diaryl/α,β-unsaturated/α-hetero) is 3. The minimum absolute atomic E-state index is 0.0429. The number of aryl methyl sites for hydroxylation is 1. The van der Waals surface area contributed by atoms with Crippen molar-refractivity contribution < 1.29 is 49.4 Å². The molecule has 1 aromatic carbocycles. The largest absolute Gasteiger partial charge is 0.496 e. The van der Waals surface area contributed by atoms with E-state index in [1.165, 1.54) is 53.9 Å². The van der Waals surface area contributed by atoms with Gasteiger partial charge in [-0.25, -0.2) is 0 Å². The van der Waals surface area contributed by atoms with Gasteiger partial charge in [0.25, 0.3) is 5.91 Å². The predicted octanol–water partition coefficient (Wildman–Crippen LogP) is 3.16. The maximum absolute atomic E-state index is 14.1. The fourth-order valence-corrected chi connectivity index (χ4v) is 6.57. The first kappa shape index (κ1) is 38.7. The molecule has 0 unspecified atom stereocenters. The average molecular weight is 668 g/mol. The number of allylic oxidation sites excluding steroid dienone is 5. The summed E-state index contributed by atoms with van der Waals surface area (Å²) >= 11 is 0. The lowest BCUT2D eigenvalue weighted by Crippen LogP contribution is -2.50. The zero-order chi connectivity index (χ0) is 36.6. The molecule has 9 atom stereocenters. The molecule has 48 heavy (non-hydrogen) atoms. The van der Waals surface area contributed by atoms with Gasteiger partial charge >= 0.3 is 0 Å². The molecular formula is C37H49NO10. The first-order valence-corrected chi connectivity index (χ1v) is 16.1. The molecule has 0 radical (unpaired) electrons. The number of methoxy groups -OCH3 is 1. The fourth-order valence-electron chi connectivity index (χ4n) is 6.57. The van der Waals surface area contributed by atoms with Gasteiger partial charge in [0.1, 0.15) is 11.4 Å². The van der Waals surface area contributed by atoms with E-state index >= 15 is 0 Å². The second-order valence-electron chi connectivity index (χ2n) is 13.6. The van der Waals surface area contributed by atoms with Crippen molar-refractivity contribution in [1.82, 2.24) is 5.32 Å². The number of aliphatic hydroxyl groups excluding tert-OH is 4. The third kappa shape index (κ3) is 7.30. The number of carbonyl (C=O) groups is 4. The van der Waals surface area contributed by atoms with Crippen LogP contribution in [0.2, 0.25) is 0 Å². The smallest absolute Gasteiger partial charge is 0.251 e. The SMILES string of the molecule is COc1c(C)cc2c3c1C(=O)/C(C)=C/[C@](C)(O)[C@@H](O)[C@@H](C)[C@@H](O)[C@H](C)[C@H](O)[C@H](C)[C@@H](O)[C@H](C)/C=C\C=C(/C)C(=O)NC(=C(C)C3=O)C2=O. The Kier molecular flexibility index (Phi) is 11.9. The zero-order valence-corrected chi connectivity index (χ0v) is 29.3. The van der Waals surface area contributed by atoms with Crippen molar-refractivity contribution in [3.63, 3.8) is 0 Å². The summed E-state index contributed by atoms with van der Waals surface area (Å²) in [4.78, 5) is 54.9. The minimum atomic E-state index is -2.08. The van der Waals surface area contributed by atoms with Gasteiger partial charge in [0.2, 0.25) is 5.78 Å². The molecule has 2 heterocycles. The predicted molar refractivity (Wildman–Crippen MR) is 180 cm³/mol.